The maximum absolute atomic E-state index is 12.9. The van der Waals surface area contributed by atoms with E-state index in [0.29, 0.717) is 5.88 Å². The summed E-state index contributed by atoms with van der Waals surface area (Å²) in [7, 11) is 0. The summed E-state index contributed by atoms with van der Waals surface area (Å²) in [6.07, 6.45) is 1.65. The molecule has 1 nitrogen and oxygen atoms in total. The third-order valence-electron chi connectivity index (χ3n) is 2.25. The Labute approximate surface area is 103 Å². The van der Waals surface area contributed by atoms with Crippen molar-refractivity contribution in [3.05, 3.63) is 51.7 Å². The fraction of sp³-hybridized carbons (Fsp3) is 0.250. The molecule has 0 spiro atoms. The van der Waals surface area contributed by atoms with E-state index in [1.165, 1.54) is 6.07 Å². The molecule has 0 aliphatic heterocycles. The molecule has 16 heavy (non-hydrogen) atoms. The Morgan fingerprint density at radius 3 is 2.88 bits per heavy atom. The number of aromatic nitrogens is 1. The van der Waals surface area contributed by atoms with Gasteiger partial charge in [-0.3, -0.25) is 0 Å². The average Bonchev–Trinajstić information content (AvgIpc) is 2.74. The van der Waals surface area contributed by atoms with Crippen LogP contribution in [0.1, 0.15) is 16.3 Å². The Kier molecular flexibility index (Phi) is 3.91. The fourth-order valence-corrected chi connectivity index (χ4v) is 2.50. The van der Waals surface area contributed by atoms with Gasteiger partial charge in [-0.05, 0) is 24.1 Å². The van der Waals surface area contributed by atoms with Gasteiger partial charge in [0.1, 0.15) is 5.82 Å². The van der Waals surface area contributed by atoms with E-state index in [-0.39, 0.29) is 5.82 Å². The van der Waals surface area contributed by atoms with Crippen molar-refractivity contribution in [3.8, 4) is 0 Å². The molecule has 1 heterocycles. The van der Waals surface area contributed by atoms with E-state index in [9.17, 15) is 4.39 Å². The highest BCUT2D eigenvalue weighted by Crippen LogP contribution is 2.14. The minimum absolute atomic E-state index is 0.182. The molecular formula is C12H11ClFNS. The Balaban J connectivity index is 1.96. The van der Waals surface area contributed by atoms with Crippen molar-refractivity contribution in [1.82, 2.24) is 4.98 Å². The second-order valence-electron chi connectivity index (χ2n) is 3.50. The van der Waals surface area contributed by atoms with E-state index in [1.54, 1.807) is 23.5 Å². The molecule has 0 radical (unpaired) electrons. The molecule has 1 aromatic carbocycles. The van der Waals surface area contributed by atoms with Gasteiger partial charge >= 0.3 is 0 Å². The summed E-state index contributed by atoms with van der Waals surface area (Å²) < 4.78 is 12.9. The second-order valence-corrected chi connectivity index (χ2v) is 4.71. The number of hydrogen-bond donors (Lipinski definition) is 0. The van der Waals surface area contributed by atoms with Crippen molar-refractivity contribution in [3.63, 3.8) is 0 Å². The minimum atomic E-state index is -0.182. The monoisotopic (exact) mass is 255 g/mol. The molecule has 84 valence electrons. The summed E-state index contributed by atoms with van der Waals surface area (Å²) in [5.41, 5.74) is 1.92. The number of aryl methyl sites for hydroxylation is 2. The number of benzene rings is 1. The molecule has 1 aromatic heterocycles. The lowest BCUT2D eigenvalue weighted by Gasteiger charge is -1.98. The summed E-state index contributed by atoms with van der Waals surface area (Å²) in [5.74, 6) is 0.272. The number of alkyl halides is 1. The number of halogens is 2. The van der Waals surface area contributed by atoms with Crippen LogP contribution in [0.25, 0.3) is 0 Å². The summed E-state index contributed by atoms with van der Waals surface area (Å²) in [4.78, 5) is 4.36. The van der Waals surface area contributed by atoms with Gasteiger partial charge in [0, 0.05) is 11.8 Å². The topological polar surface area (TPSA) is 12.9 Å². The first-order chi connectivity index (χ1) is 7.78. The summed E-state index contributed by atoms with van der Waals surface area (Å²) >= 11 is 7.28. The van der Waals surface area contributed by atoms with Gasteiger partial charge in [0.05, 0.1) is 16.6 Å². The lowest BCUT2D eigenvalue weighted by atomic mass is 10.1. The Morgan fingerprint density at radius 2 is 2.19 bits per heavy atom. The lowest BCUT2D eigenvalue weighted by molar-refractivity contribution is 0.625. The van der Waals surface area contributed by atoms with Crippen LogP contribution in [0.2, 0.25) is 0 Å². The zero-order valence-corrected chi connectivity index (χ0v) is 10.2. The number of hydrogen-bond acceptors (Lipinski definition) is 2. The van der Waals surface area contributed by atoms with Crippen LogP contribution in [-0.4, -0.2) is 4.98 Å². The Hall–Kier alpha value is -0.930. The molecule has 0 aliphatic carbocycles. The van der Waals surface area contributed by atoms with Gasteiger partial charge in [0.25, 0.3) is 0 Å². The molecule has 0 unspecified atom stereocenters. The van der Waals surface area contributed by atoms with Crippen molar-refractivity contribution in [2.45, 2.75) is 18.7 Å². The van der Waals surface area contributed by atoms with Crippen LogP contribution in [0, 0.1) is 5.82 Å². The van der Waals surface area contributed by atoms with Crippen molar-refractivity contribution < 1.29 is 4.39 Å². The van der Waals surface area contributed by atoms with E-state index in [1.807, 2.05) is 11.4 Å². The largest absolute Gasteiger partial charge is 0.245 e. The van der Waals surface area contributed by atoms with Crippen molar-refractivity contribution in [2.24, 2.45) is 0 Å². The zero-order chi connectivity index (χ0) is 11.4. The average molecular weight is 256 g/mol. The molecule has 0 saturated heterocycles. The van der Waals surface area contributed by atoms with Gasteiger partial charge in [-0.2, -0.15) is 0 Å². The molecule has 0 amide bonds. The molecule has 0 N–H and O–H groups in total. The van der Waals surface area contributed by atoms with Crippen LogP contribution in [0.4, 0.5) is 4.39 Å². The standard InChI is InChI=1S/C12H11ClFNS/c13-7-11-8-16-12(15-11)5-4-9-2-1-3-10(14)6-9/h1-3,6,8H,4-5,7H2. The van der Waals surface area contributed by atoms with Gasteiger partial charge in [-0.15, -0.1) is 22.9 Å². The highest BCUT2D eigenvalue weighted by molar-refractivity contribution is 7.09. The summed E-state index contributed by atoms with van der Waals surface area (Å²) in [6, 6.07) is 6.68. The van der Waals surface area contributed by atoms with E-state index >= 15 is 0 Å². The smallest absolute Gasteiger partial charge is 0.123 e. The van der Waals surface area contributed by atoms with E-state index in [4.69, 9.17) is 11.6 Å². The minimum Gasteiger partial charge on any atom is -0.245 e. The predicted molar refractivity (Wildman–Crippen MR) is 65.5 cm³/mol. The third kappa shape index (κ3) is 3.03. The van der Waals surface area contributed by atoms with Crippen LogP contribution >= 0.6 is 22.9 Å². The van der Waals surface area contributed by atoms with Crippen LogP contribution < -0.4 is 0 Å². The first-order valence-corrected chi connectivity index (χ1v) is 6.43. The molecule has 0 saturated carbocycles. The van der Waals surface area contributed by atoms with Crippen molar-refractivity contribution >= 4 is 22.9 Å². The molecule has 2 aromatic rings. The lowest BCUT2D eigenvalue weighted by Crippen LogP contribution is -1.91. The van der Waals surface area contributed by atoms with Crippen LogP contribution in [0.5, 0.6) is 0 Å². The zero-order valence-electron chi connectivity index (χ0n) is 8.62. The Morgan fingerprint density at radius 1 is 1.31 bits per heavy atom. The first-order valence-electron chi connectivity index (χ1n) is 5.01. The molecule has 0 fully saturated rings. The third-order valence-corrected chi connectivity index (χ3v) is 3.48. The van der Waals surface area contributed by atoms with Crippen molar-refractivity contribution in [1.29, 1.82) is 0 Å². The summed E-state index contributed by atoms with van der Waals surface area (Å²) in [5, 5.41) is 3.02. The SMILES string of the molecule is Fc1cccc(CCc2nc(CCl)cs2)c1. The molecule has 4 heteroatoms. The Bertz CT molecular complexity index is 470. The molecular weight excluding hydrogens is 245 g/mol. The van der Waals surface area contributed by atoms with E-state index in [0.717, 1.165) is 29.1 Å². The maximum atomic E-state index is 12.9. The van der Waals surface area contributed by atoms with Crippen LogP contribution in [0.3, 0.4) is 0 Å². The molecule has 0 aliphatic rings. The highest BCUT2D eigenvalue weighted by atomic mass is 35.5. The van der Waals surface area contributed by atoms with Crippen molar-refractivity contribution in [2.75, 3.05) is 0 Å². The molecule has 0 bridgehead atoms. The quantitative estimate of drug-likeness (QED) is 0.757. The van der Waals surface area contributed by atoms with Gasteiger partial charge < -0.3 is 0 Å². The van der Waals surface area contributed by atoms with E-state index in [2.05, 4.69) is 4.98 Å². The van der Waals surface area contributed by atoms with Gasteiger partial charge in [-0.25, -0.2) is 9.37 Å². The first kappa shape index (κ1) is 11.6. The molecule has 2 rings (SSSR count). The van der Waals surface area contributed by atoms with Gasteiger partial charge in [0.2, 0.25) is 0 Å². The predicted octanol–water partition coefficient (Wildman–Crippen LogP) is 3.81. The normalized spacial score (nSPS) is 10.6. The molecule has 0 atom stereocenters. The van der Waals surface area contributed by atoms with E-state index < -0.39 is 0 Å². The van der Waals surface area contributed by atoms with Gasteiger partial charge in [0.15, 0.2) is 0 Å². The number of nitrogens with zero attached hydrogens (tertiary/aromatic N) is 1. The number of rotatable bonds is 4. The maximum Gasteiger partial charge on any atom is 0.123 e. The second kappa shape index (κ2) is 5.41. The van der Waals surface area contributed by atoms with Crippen LogP contribution in [0.15, 0.2) is 29.6 Å². The highest BCUT2D eigenvalue weighted by Gasteiger charge is 2.02. The van der Waals surface area contributed by atoms with Gasteiger partial charge in [-0.1, -0.05) is 12.1 Å². The summed E-state index contributed by atoms with van der Waals surface area (Å²) in [6.45, 7) is 0. The number of thiazole rings is 1. The van der Waals surface area contributed by atoms with Crippen LogP contribution in [-0.2, 0) is 18.7 Å². The fourth-order valence-electron chi connectivity index (χ4n) is 1.47.